The molecule has 1 N–H and O–H groups in total. The average molecular weight is 272 g/mol. The van der Waals surface area contributed by atoms with Crippen LogP contribution in [0.1, 0.15) is 17.2 Å². The van der Waals surface area contributed by atoms with E-state index >= 15 is 0 Å². The topological polar surface area (TPSA) is 29.5 Å². The van der Waals surface area contributed by atoms with E-state index in [-0.39, 0.29) is 11.4 Å². The minimum absolute atomic E-state index is 0.200. The molecule has 0 saturated heterocycles. The highest BCUT2D eigenvalue weighted by atomic mass is 32.2. The maximum atomic E-state index is 10.4. The summed E-state index contributed by atoms with van der Waals surface area (Å²) < 4.78 is 5.15. The first-order valence-corrected chi connectivity index (χ1v) is 7.22. The van der Waals surface area contributed by atoms with Gasteiger partial charge in [0.2, 0.25) is 0 Å². The van der Waals surface area contributed by atoms with E-state index < -0.39 is 0 Å². The summed E-state index contributed by atoms with van der Waals surface area (Å²) in [6.07, 6.45) is 0.553. The molecule has 2 atom stereocenters. The van der Waals surface area contributed by atoms with E-state index in [2.05, 4.69) is 6.07 Å². The summed E-state index contributed by atoms with van der Waals surface area (Å²) in [7, 11) is 1.67. The molecule has 2 aromatic carbocycles. The maximum Gasteiger partial charge on any atom is 0.118 e. The lowest BCUT2D eigenvalue weighted by atomic mass is 10.1. The number of fused-ring (bicyclic) bond motifs is 1. The molecule has 0 heterocycles. The average Bonchev–Trinajstić information content (AvgIpc) is 2.77. The van der Waals surface area contributed by atoms with Gasteiger partial charge >= 0.3 is 0 Å². The van der Waals surface area contributed by atoms with Crippen LogP contribution in [0.3, 0.4) is 0 Å². The van der Waals surface area contributed by atoms with Crippen LogP contribution < -0.4 is 4.74 Å². The molecule has 1 aliphatic rings. The summed E-state index contributed by atoms with van der Waals surface area (Å²) in [5.74, 6) is 0.861. The van der Waals surface area contributed by atoms with Crippen molar-refractivity contribution in [1.29, 1.82) is 0 Å². The quantitative estimate of drug-likeness (QED) is 0.928. The lowest BCUT2D eigenvalue weighted by Gasteiger charge is -2.14. The smallest absolute Gasteiger partial charge is 0.118 e. The normalized spacial score (nSPS) is 21.2. The predicted octanol–water partition coefficient (Wildman–Crippen LogP) is 3.45. The van der Waals surface area contributed by atoms with Gasteiger partial charge in [0.05, 0.1) is 13.2 Å². The molecule has 0 amide bonds. The van der Waals surface area contributed by atoms with Crippen LogP contribution >= 0.6 is 11.8 Å². The SMILES string of the molecule is COc1ccc(S[C@H]2Cc3ccccc3[C@@H]2O)cc1. The Morgan fingerprint density at radius 1 is 1.11 bits per heavy atom. The van der Waals surface area contributed by atoms with E-state index in [1.165, 1.54) is 5.56 Å². The number of methoxy groups -OCH3 is 1. The second-order valence-corrected chi connectivity index (χ2v) is 5.99. The van der Waals surface area contributed by atoms with E-state index in [1.54, 1.807) is 18.9 Å². The molecule has 3 heteroatoms. The van der Waals surface area contributed by atoms with Crippen LogP contribution in [0.2, 0.25) is 0 Å². The zero-order valence-electron chi connectivity index (χ0n) is 10.7. The lowest BCUT2D eigenvalue weighted by Crippen LogP contribution is -2.08. The van der Waals surface area contributed by atoms with Crippen LogP contribution in [0, 0.1) is 0 Å². The van der Waals surface area contributed by atoms with Gasteiger partial charge in [-0.15, -0.1) is 11.8 Å². The Kier molecular flexibility index (Phi) is 3.49. The summed E-state index contributed by atoms with van der Waals surface area (Å²) in [4.78, 5) is 1.16. The highest BCUT2D eigenvalue weighted by Crippen LogP contribution is 2.41. The molecule has 0 fully saturated rings. The Bertz CT molecular complexity index is 565. The van der Waals surface area contributed by atoms with Crippen molar-refractivity contribution in [2.24, 2.45) is 0 Å². The first-order valence-electron chi connectivity index (χ1n) is 6.34. The molecule has 2 nitrogen and oxygen atoms in total. The fourth-order valence-electron chi connectivity index (χ4n) is 2.47. The van der Waals surface area contributed by atoms with Gasteiger partial charge in [-0.1, -0.05) is 24.3 Å². The minimum Gasteiger partial charge on any atom is -0.497 e. The van der Waals surface area contributed by atoms with E-state index in [4.69, 9.17) is 4.74 Å². The van der Waals surface area contributed by atoms with Gasteiger partial charge in [0.15, 0.2) is 0 Å². The van der Waals surface area contributed by atoms with Gasteiger partial charge < -0.3 is 9.84 Å². The molecule has 0 aliphatic heterocycles. The lowest BCUT2D eigenvalue weighted by molar-refractivity contribution is 0.185. The molecule has 1 aliphatic carbocycles. The van der Waals surface area contributed by atoms with E-state index in [9.17, 15) is 5.11 Å². The third-order valence-electron chi connectivity index (χ3n) is 3.49. The Morgan fingerprint density at radius 3 is 2.53 bits per heavy atom. The molecular weight excluding hydrogens is 256 g/mol. The molecule has 0 bridgehead atoms. The van der Waals surface area contributed by atoms with Crippen molar-refractivity contribution in [1.82, 2.24) is 0 Å². The molecule has 2 aromatic rings. The van der Waals surface area contributed by atoms with Crippen molar-refractivity contribution >= 4 is 11.8 Å². The van der Waals surface area contributed by atoms with E-state index in [0.29, 0.717) is 0 Å². The second kappa shape index (κ2) is 5.27. The van der Waals surface area contributed by atoms with Gasteiger partial charge in [0, 0.05) is 10.1 Å². The first-order chi connectivity index (χ1) is 9.28. The van der Waals surface area contributed by atoms with Crippen LogP contribution in [0.5, 0.6) is 5.75 Å². The molecule has 0 saturated carbocycles. The highest BCUT2D eigenvalue weighted by Gasteiger charge is 2.31. The van der Waals surface area contributed by atoms with Crippen molar-refractivity contribution in [3.63, 3.8) is 0 Å². The molecule has 0 spiro atoms. The number of benzene rings is 2. The summed E-state index contributed by atoms with van der Waals surface area (Å²) in [6.45, 7) is 0. The standard InChI is InChI=1S/C16H16O2S/c1-18-12-6-8-13(9-7-12)19-15-10-11-4-2-3-5-14(11)16(15)17/h2-9,15-17H,10H2,1H3/t15-,16-/m0/s1. The predicted molar refractivity (Wildman–Crippen MR) is 77.7 cm³/mol. The number of hydrogen-bond acceptors (Lipinski definition) is 3. The van der Waals surface area contributed by atoms with Crippen molar-refractivity contribution in [3.8, 4) is 5.75 Å². The van der Waals surface area contributed by atoms with Gasteiger partial charge in [-0.05, 0) is 41.8 Å². The van der Waals surface area contributed by atoms with Crippen molar-refractivity contribution < 1.29 is 9.84 Å². The van der Waals surface area contributed by atoms with E-state index in [1.807, 2.05) is 42.5 Å². The van der Waals surface area contributed by atoms with Crippen molar-refractivity contribution in [3.05, 3.63) is 59.7 Å². The Balaban J connectivity index is 1.75. The monoisotopic (exact) mass is 272 g/mol. The number of rotatable bonds is 3. The fourth-order valence-corrected chi connectivity index (χ4v) is 3.65. The Morgan fingerprint density at radius 2 is 1.84 bits per heavy atom. The molecule has 3 rings (SSSR count). The summed E-state index contributed by atoms with van der Waals surface area (Å²) in [5.41, 5.74) is 2.34. The van der Waals surface area contributed by atoms with E-state index in [0.717, 1.165) is 22.6 Å². The summed E-state index contributed by atoms with van der Waals surface area (Å²) >= 11 is 1.73. The van der Waals surface area contributed by atoms with Gasteiger partial charge in [0.25, 0.3) is 0 Å². The summed E-state index contributed by atoms with van der Waals surface area (Å²) in [6, 6.07) is 16.1. The first kappa shape index (κ1) is 12.6. The molecule has 0 radical (unpaired) electrons. The second-order valence-electron chi connectivity index (χ2n) is 4.68. The molecule has 19 heavy (non-hydrogen) atoms. The Hall–Kier alpha value is -1.45. The third-order valence-corrected chi connectivity index (χ3v) is 4.77. The molecule has 0 unspecified atom stereocenters. The minimum atomic E-state index is -0.372. The number of thioether (sulfide) groups is 1. The number of aliphatic hydroxyl groups is 1. The number of ether oxygens (including phenoxy) is 1. The largest absolute Gasteiger partial charge is 0.497 e. The van der Waals surface area contributed by atoms with Crippen LogP contribution in [0.15, 0.2) is 53.4 Å². The summed E-state index contributed by atoms with van der Waals surface area (Å²) in [5, 5.41) is 10.6. The maximum absolute atomic E-state index is 10.4. The van der Waals surface area contributed by atoms with Crippen LogP contribution in [-0.4, -0.2) is 17.5 Å². The third kappa shape index (κ3) is 2.48. The molecule has 0 aromatic heterocycles. The van der Waals surface area contributed by atoms with Gasteiger partial charge in [-0.2, -0.15) is 0 Å². The van der Waals surface area contributed by atoms with Crippen LogP contribution in [-0.2, 0) is 6.42 Å². The molecular formula is C16H16O2S. The Labute approximate surface area is 117 Å². The number of hydrogen-bond donors (Lipinski definition) is 1. The molecule has 98 valence electrons. The number of aliphatic hydroxyl groups excluding tert-OH is 1. The van der Waals surface area contributed by atoms with Gasteiger partial charge in [0.1, 0.15) is 5.75 Å². The van der Waals surface area contributed by atoms with Crippen molar-refractivity contribution in [2.75, 3.05) is 7.11 Å². The fraction of sp³-hybridized carbons (Fsp3) is 0.250. The van der Waals surface area contributed by atoms with Crippen LogP contribution in [0.25, 0.3) is 0 Å². The van der Waals surface area contributed by atoms with Gasteiger partial charge in [-0.25, -0.2) is 0 Å². The van der Waals surface area contributed by atoms with Crippen molar-refractivity contribution in [2.45, 2.75) is 22.7 Å². The van der Waals surface area contributed by atoms with Gasteiger partial charge in [-0.3, -0.25) is 0 Å². The van der Waals surface area contributed by atoms with Crippen LogP contribution in [0.4, 0.5) is 0 Å². The zero-order valence-corrected chi connectivity index (χ0v) is 11.6. The zero-order chi connectivity index (χ0) is 13.2. The highest BCUT2D eigenvalue weighted by molar-refractivity contribution is 8.00.